The van der Waals surface area contributed by atoms with Crippen LogP contribution in [-0.4, -0.2) is 28.5 Å². The first-order chi connectivity index (χ1) is 9.02. The van der Waals surface area contributed by atoms with E-state index in [9.17, 15) is 4.79 Å². The van der Waals surface area contributed by atoms with Crippen molar-refractivity contribution in [3.63, 3.8) is 0 Å². The van der Waals surface area contributed by atoms with Crippen molar-refractivity contribution in [2.75, 3.05) is 11.9 Å². The van der Waals surface area contributed by atoms with Gasteiger partial charge in [-0.3, -0.25) is 9.78 Å². The van der Waals surface area contributed by atoms with E-state index in [4.69, 9.17) is 18.0 Å². The van der Waals surface area contributed by atoms with Gasteiger partial charge < -0.3 is 16.4 Å². The zero-order valence-electron chi connectivity index (χ0n) is 11.3. The molecule has 0 radical (unpaired) electrons. The van der Waals surface area contributed by atoms with Crippen LogP contribution in [0.2, 0.25) is 0 Å². The smallest absolute Gasteiger partial charge is 0.221 e. The average Bonchev–Trinajstić information content (AvgIpc) is 2.38. The highest BCUT2D eigenvalue weighted by molar-refractivity contribution is 7.80. The van der Waals surface area contributed by atoms with E-state index in [2.05, 4.69) is 15.6 Å². The molecule has 0 aliphatic heterocycles. The van der Waals surface area contributed by atoms with Crippen LogP contribution in [0.25, 0.3) is 0 Å². The standard InChI is InChI=1S/C13H20N4OS/c1-3-9(2)17-12(18)5-7-15-10-4-6-16-11(8-10)13(14)19/h4,6,8-9H,3,5,7H2,1-2H3,(H2,14,19)(H,15,16)(H,17,18). The van der Waals surface area contributed by atoms with Crippen molar-refractivity contribution < 1.29 is 4.79 Å². The van der Waals surface area contributed by atoms with Crippen molar-refractivity contribution in [1.82, 2.24) is 10.3 Å². The number of hydrogen-bond donors (Lipinski definition) is 3. The minimum Gasteiger partial charge on any atom is -0.388 e. The Morgan fingerprint density at radius 3 is 2.95 bits per heavy atom. The first kappa shape index (κ1) is 15.4. The summed E-state index contributed by atoms with van der Waals surface area (Å²) in [5.41, 5.74) is 6.94. The summed E-state index contributed by atoms with van der Waals surface area (Å²) in [6, 6.07) is 3.80. The second-order valence-electron chi connectivity index (χ2n) is 4.35. The molecule has 1 atom stereocenters. The van der Waals surface area contributed by atoms with Crippen LogP contribution in [0.3, 0.4) is 0 Å². The molecule has 4 N–H and O–H groups in total. The number of nitrogens with zero attached hydrogens (tertiary/aromatic N) is 1. The number of anilines is 1. The van der Waals surface area contributed by atoms with Crippen LogP contribution in [0, 0.1) is 0 Å². The maximum Gasteiger partial charge on any atom is 0.221 e. The van der Waals surface area contributed by atoms with Gasteiger partial charge in [-0.25, -0.2) is 0 Å². The largest absolute Gasteiger partial charge is 0.388 e. The Bertz CT molecular complexity index is 450. The molecular formula is C13H20N4OS. The molecule has 0 aliphatic rings. The molecule has 1 amide bonds. The van der Waals surface area contributed by atoms with Gasteiger partial charge in [0, 0.05) is 30.9 Å². The maximum absolute atomic E-state index is 11.6. The van der Waals surface area contributed by atoms with E-state index >= 15 is 0 Å². The van der Waals surface area contributed by atoms with Gasteiger partial charge >= 0.3 is 0 Å². The van der Waals surface area contributed by atoms with Gasteiger partial charge in [0.2, 0.25) is 5.91 Å². The molecule has 1 rings (SSSR count). The van der Waals surface area contributed by atoms with Crippen LogP contribution in [0.4, 0.5) is 5.69 Å². The summed E-state index contributed by atoms with van der Waals surface area (Å²) in [5, 5.41) is 6.06. The summed E-state index contributed by atoms with van der Waals surface area (Å²) in [6.07, 6.45) is 2.99. The number of pyridine rings is 1. The molecule has 1 aromatic heterocycles. The summed E-state index contributed by atoms with van der Waals surface area (Å²) in [5.74, 6) is 0.0467. The summed E-state index contributed by atoms with van der Waals surface area (Å²) in [7, 11) is 0. The number of carbonyl (C=O) groups is 1. The number of thiocarbonyl (C=S) groups is 1. The molecule has 5 nitrogen and oxygen atoms in total. The van der Waals surface area contributed by atoms with Crippen molar-refractivity contribution >= 4 is 28.8 Å². The van der Waals surface area contributed by atoms with Gasteiger partial charge in [-0.05, 0) is 25.5 Å². The summed E-state index contributed by atoms with van der Waals surface area (Å²) in [4.78, 5) is 15.9. The molecule has 0 aliphatic carbocycles. The van der Waals surface area contributed by atoms with Crippen LogP contribution in [0.5, 0.6) is 0 Å². The summed E-state index contributed by atoms with van der Waals surface area (Å²) in [6.45, 7) is 4.59. The highest BCUT2D eigenvalue weighted by Gasteiger charge is 2.05. The van der Waals surface area contributed by atoms with Crippen molar-refractivity contribution in [3.8, 4) is 0 Å². The molecule has 104 valence electrons. The van der Waals surface area contributed by atoms with Gasteiger partial charge in [0.25, 0.3) is 0 Å². The molecule has 0 saturated heterocycles. The Balaban J connectivity index is 2.39. The highest BCUT2D eigenvalue weighted by Crippen LogP contribution is 2.07. The number of carbonyl (C=O) groups excluding carboxylic acids is 1. The van der Waals surface area contributed by atoms with Crippen molar-refractivity contribution in [3.05, 3.63) is 24.0 Å². The molecule has 1 aromatic rings. The van der Waals surface area contributed by atoms with Gasteiger partial charge in [-0.2, -0.15) is 0 Å². The summed E-state index contributed by atoms with van der Waals surface area (Å²) < 4.78 is 0. The van der Waals surface area contributed by atoms with Gasteiger partial charge in [-0.15, -0.1) is 0 Å². The van der Waals surface area contributed by atoms with E-state index in [0.717, 1.165) is 12.1 Å². The number of nitrogens with one attached hydrogen (secondary N) is 2. The number of rotatable bonds is 7. The topological polar surface area (TPSA) is 80.0 Å². The van der Waals surface area contributed by atoms with Crippen LogP contribution >= 0.6 is 12.2 Å². The predicted molar refractivity (Wildman–Crippen MR) is 81.1 cm³/mol. The molecule has 0 spiro atoms. The molecule has 0 saturated carbocycles. The number of amides is 1. The van der Waals surface area contributed by atoms with Crippen LogP contribution in [0.1, 0.15) is 32.4 Å². The normalized spacial score (nSPS) is 11.7. The Labute approximate surface area is 119 Å². The third kappa shape index (κ3) is 5.65. The van der Waals surface area contributed by atoms with Crippen molar-refractivity contribution in [1.29, 1.82) is 0 Å². The Hall–Kier alpha value is -1.69. The lowest BCUT2D eigenvalue weighted by atomic mass is 10.2. The second-order valence-corrected chi connectivity index (χ2v) is 4.79. The number of hydrogen-bond acceptors (Lipinski definition) is 4. The van der Waals surface area contributed by atoms with E-state index < -0.39 is 0 Å². The molecule has 0 fully saturated rings. The summed E-state index contributed by atoms with van der Waals surface area (Å²) >= 11 is 4.86. The van der Waals surface area contributed by atoms with Gasteiger partial charge in [0.1, 0.15) is 4.99 Å². The lowest BCUT2D eigenvalue weighted by Crippen LogP contribution is -2.32. The van der Waals surface area contributed by atoms with Crippen molar-refractivity contribution in [2.45, 2.75) is 32.7 Å². The fourth-order valence-corrected chi connectivity index (χ4v) is 1.56. The van der Waals surface area contributed by atoms with Gasteiger partial charge in [0.15, 0.2) is 0 Å². The first-order valence-corrected chi connectivity index (χ1v) is 6.72. The first-order valence-electron chi connectivity index (χ1n) is 6.32. The monoisotopic (exact) mass is 280 g/mol. The number of aromatic nitrogens is 1. The molecule has 6 heteroatoms. The third-order valence-corrected chi connectivity index (χ3v) is 2.92. The Kier molecular flexibility index (Phi) is 6.21. The molecule has 19 heavy (non-hydrogen) atoms. The maximum atomic E-state index is 11.6. The predicted octanol–water partition coefficient (Wildman–Crippen LogP) is 1.43. The quantitative estimate of drug-likeness (QED) is 0.658. The Morgan fingerprint density at radius 2 is 2.32 bits per heavy atom. The van der Waals surface area contributed by atoms with E-state index in [1.54, 1.807) is 12.3 Å². The van der Waals surface area contributed by atoms with Crippen molar-refractivity contribution in [2.24, 2.45) is 5.73 Å². The van der Waals surface area contributed by atoms with Gasteiger partial charge in [0.05, 0.1) is 5.69 Å². The average molecular weight is 280 g/mol. The SMILES string of the molecule is CCC(C)NC(=O)CCNc1ccnc(C(N)=S)c1. The zero-order valence-corrected chi connectivity index (χ0v) is 12.1. The van der Waals surface area contributed by atoms with Gasteiger partial charge in [-0.1, -0.05) is 19.1 Å². The third-order valence-electron chi connectivity index (χ3n) is 2.71. The lowest BCUT2D eigenvalue weighted by molar-refractivity contribution is -0.121. The second kappa shape index (κ2) is 7.68. The Morgan fingerprint density at radius 1 is 1.58 bits per heavy atom. The highest BCUT2D eigenvalue weighted by atomic mass is 32.1. The zero-order chi connectivity index (χ0) is 14.3. The molecule has 0 bridgehead atoms. The lowest BCUT2D eigenvalue weighted by Gasteiger charge is -2.12. The van der Waals surface area contributed by atoms with E-state index in [0.29, 0.717) is 18.7 Å². The molecule has 1 heterocycles. The van der Waals surface area contributed by atoms with Crippen LogP contribution in [-0.2, 0) is 4.79 Å². The van der Waals surface area contributed by atoms with E-state index in [-0.39, 0.29) is 16.9 Å². The molecule has 1 unspecified atom stereocenters. The van der Waals surface area contributed by atoms with Crippen LogP contribution < -0.4 is 16.4 Å². The minimum absolute atomic E-state index is 0.0467. The number of nitrogens with two attached hydrogens (primary N) is 1. The van der Waals surface area contributed by atoms with Crippen LogP contribution in [0.15, 0.2) is 18.3 Å². The van der Waals surface area contributed by atoms with E-state index in [1.807, 2.05) is 19.9 Å². The van der Waals surface area contributed by atoms with E-state index in [1.165, 1.54) is 0 Å². The fourth-order valence-electron chi connectivity index (χ4n) is 1.44. The minimum atomic E-state index is 0.0467. The molecule has 0 aromatic carbocycles. The molecular weight excluding hydrogens is 260 g/mol. The fraction of sp³-hybridized carbons (Fsp3) is 0.462.